The largest absolute Gasteiger partial charge is 0.493 e. The third-order valence-corrected chi connectivity index (χ3v) is 7.31. The third-order valence-electron chi connectivity index (χ3n) is 6.57. The van der Waals surface area contributed by atoms with E-state index in [0.29, 0.717) is 28.8 Å². The molecule has 2 aliphatic heterocycles. The smallest absolute Gasteiger partial charge is 0.266 e. The Hall–Kier alpha value is -3.26. The standard InChI is InChI=1S/C28H26Cl2N2O5/c1-3-4-14-36-22-13-10-17(15-23(22)35-2)25-24-26(37-32(25)18-8-6-5-7-9-18)28(34)31(27(24)33)19-11-12-20(29)21(30)16-19/h5-13,15-16,24-26H,3-4,14H2,1-2H3/t24-,25-,26-/m1/s1. The van der Waals surface area contributed by atoms with E-state index in [1.807, 2.05) is 48.5 Å². The van der Waals surface area contributed by atoms with Crippen molar-refractivity contribution in [2.45, 2.75) is 31.9 Å². The van der Waals surface area contributed by atoms with Crippen molar-refractivity contribution in [3.8, 4) is 11.5 Å². The highest BCUT2D eigenvalue weighted by Crippen LogP contribution is 2.49. The van der Waals surface area contributed by atoms with Gasteiger partial charge in [-0.15, -0.1) is 0 Å². The van der Waals surface area contributed by atoms with Gasteiger partial charge in [0.2, 0.25) is 5.91 Å². The van der Waals surface area contributed by atoms with E-state index in [1.165, 1.54) is 6.07 Å². The molecule has 3 aromatic rings. The number of benzene rings is 3. The summed E-state index contributed by atoms with van der Waals surface area (Å²) in [6.07, 6.45) is 0.938. The number of rotatable bonds is 8. The number of para-hydroxylation sites is 1. The molecule has 0 saturated carbocycles. The average molecular weight is 541 g/mol. The molecule has 0 unspecified atom stereocenters. The third kappa shape index (κ3) is 4.63. The Morgan fingerprint density at radius 2 is 1.68 bits per heavy atom. The molecule has 2 heterocycles. The van der Waals surface area contributed by atoms with E-state index >= 15 is 0 Å². The maximum Gasteiger partial charge on any atom is 0.266 e. The lowest BCUT2D eigenvalue weighted by atomic mass is 9.90. The van der Waals surface area contributed by atoms with Crippen LogP contribution in [0.15, 0.2) is 66.7 Å². The first-order chi connectivity index (χ1) is 17.9. The Labute approximate surface area is 225 Å². The molecule has 2 amide bonds. The van der Waals surface area contributed by atoms with Gasteiger partial charge in [-0.05, 0) is 54.4 Å². The van der Waals surface area contributed by atoms with Gasteiger partial charge in [-0.3, -0.25) is 14.4 Å². The summed E-state index contributed by atoms with van der Waals surface area (Å²) in [5.74, 6) is -0.461. The fraction of sp³-hybridized carbons (Fsp3) is 0.286. The molecule has 3 aromatic carbocycles. The van der Waals surface area contributed by atoms with Gasteiger partial charge in [0.05, 0.1) is 41.2 Å². The van der Waals surface area contributed by atoms with Crippen LogP contribution in [0.4, 0.5) is 11.4 Å². The van der Waals surface area contributed by atoms with E-state index in [9.17, 15) is 9.59 Å². The topological polar surface area (TPSA) is 68.3 Å². The van der Waals surface area contributed by atoms with Gasteiger partial charge >= 0.3 is 0 Å². The summed E-state index contributed by atoms with van der Waals surface area (Å²) in [4.78, 5) is 34.7. The number of hydrogen-bond acceptors (Lipinski definition) is 6. The van der Waals surface area contributed by atoms with Crippen LogP contribution in [0.1, 0.15) is 31.4 Å². The second-order valence-electron chi connectivity index (χ2n) is 8.88. The molecular formula is C28H26Cl2N2O5. The zero-order chi connectivity index (χ0) is 26.1. The van der Waals surface area contributed by atoms with Gasteiger partial charge in [-0.1, -0.05) is 60.8 Å². The molecule has 0 aromatic heterocycles. The number of carbonyl (C=O) groups excluding carboxylic acids is 2. The van der Waals surface area contributed by atoms with Crippen molar-refractivity contribution in [3.05, 3.63) is 82.3 Å². The number of amides is 2. The molecule has 3 atom stereocenters. The van der Waals surface area contributed by atoms with Gasteiger partial charge in [-0.25, -0.2) is 9.96 Å². The summed E-state index contributed by atoms with van der Waals surface area (Å²) < 4.78 is 11.5. The van der Waals surface area contributed by atoms with E-state index in [1.54, 1.807) is 24.3 Å². The maximum atomic E-state index is 13.8. The number of hydroxylamine groups is 1. The Kier molecular flexibility index (Phi) is 7.29. The Balaban J connectivity index is 1.55. The van der Waals surface area contributed by atoms with E-state index < -0.39 is 24.0 Å². The van der Waals surface area contributed by atoms with Crippen LogP contribution in [0.5, 0.6) is 11.5 Å². The highest BCUT2D eigenvalue weighted by Gasteiger charge is 2.60. The molecule has 0 spiro atoms. The highest BCUT2D eigenvalue weighted by molar-refractivity contribution is 6.42. The zero-order valence-electron chi connectivity index (χ0n) is 20.4. The molecule has 2 fully saturated rings. The van der Waals surface area contributed by atoms with Gasteiger partial charge in [0.1, 0.15) is 5.92 Å². The zero-order valence-corrected chi connectivity index (χ0v) is 21.9. The van der Waals surface area contributed by atoms with Crippen molar-refractivity contribution in [1.82, 2.24) is 0 Å². The first kappa shape index (κ1) is 25.4. The maximum absolute atomic E-state index is 13.8. The quantitative estimate of drug-likeness (QED) is 0.249. The molecule has 0 aliphatic carbocycles. The average Bonchev–Trinajstić information content (AvgIpc) is 3.42. The van der Waals surface area contributed by atoms with Crippen LogP contribution in [0.3, 0.4) is 0 Å². The minimum absolute atomic E-state index is 0.253. The van der Waals surface area contributed by atoms with Gasteiger partial charge in [0.15, 0.2) is 17.6 Å². The molecule has 192 valence electrons. The van der Waals surface area contributed by atoms with Crippen molar-refractivity contribution in [1.29, 1.82) is 0 Å². The van der Waals surface area contributed by atoms with E-state index in [2.05, 4.69) is 6.92 Å². The molecular weight excluding hydrogens is 515 g/mol. The van der Waals surface area contributed by atoms with Crippen LogP contribution in [0, 0.1) is 5.92 Å². The number of methoxy groups -OCH3 is 1. The molecule has 0 radical (unpaired) electrons. The van der Waals surface area contributed by atoms with Gasteiger partial charge in [0.25, 0.3) is 5.91 Å². The lowest BCUT2D eigenvalue weighted by Gasteiger charge is -2.29. The number of carbonyl (C=O) groups is 2. The molecule has 2 aliphatic rings. The summed E-state index contributed by atoms with van der Waals surface area (Å²) in [7, 11) is 1.57. The number of nitrogens with zero attached hydrogens (tertiary/aromatic N) is 2. The number of fused-ring (bicyclic) bond motifs is 1. The summed E-state index contributed by atoms with van der Waals surface area (Å²) in [5.41, 5.74) is 1.84. The van der Waals surface area contributed by atoms with Crippen LogP contribution in [0.25, 0.3) is 0 Å². The van der Waals surface area contributed by atoms with E-state index in [0.717, 1.165) is 29.0 Å². The first-order valence-electron chi connectivity index (χ1n) is 12.1. The predicted molar refractivity (Wildman–Crippen MR) is 142 cm³/mol. The normalized spacial score (nSPS) is 20.9. The molecule has 0 bridgehead atoms. The monoisotopic (exact) mass is 540 g/mol. The van der Waals surface area contributed by atoms with Crippen LogP contribution in [-0.2, 0) is 14.4 Å². The number of imide groups is 1. The van der Waals surface area contributed by atoms with Crippen LogP contribution in [0.2, 0.25) is 10.0 Å². The van der Waals surface area contributed by atoms with Crippen LogP contribution >= 0.6 is 23.2 Å². The Bertz CT molecular complexity index is 1320. The molecule has 37 heavy (non-hydrogen) atoms. The second-order valence-corrected chi connectivity index (χ2v) is 9.69. The molecule has 9 heteroatoms. The number of ether oxygens (including phenoxy) is 2. The fourth-order valence-corrected chi connectivity index (χ4v) is 5.04. The minimum atomic E-state index is -1.00. The van der Waals surface area contributed by atoms with Gasteiger partial charge in [0, 0.05) is 0 Å². The van der Waals surface area contributed by atoms with E-state index in [-0.39, 0.29) is 10.9 Å². The minimum Gasteiger partial charge on any atom is -0.493 e. The molecule has 5 rings (SSSR count). The fourth-order valence-electron chi connectivity index (χ4n) is 4.74. The number of halogens is 2. The first-order valence-corrected chi connectivity index (χ1v) is 12.8. The van der Waals surface area contributed by atoms with Crippen molar-refractivity contribution in [2.75, 3.05) is 23.7 Å². The highest BCUT2D eigenvalue weighted by atomic mass is 35.5. The van der Waals surface area contributed by atoms with Crippen molar-refractivity contribution < 1.29 is 23.9 Å². The van der Waals surface area contributed by atoms with Gasteiger partial charge in [-0.2, -0.15) is 0 Å². The molecule has 2 saturated heterocycles. The summed E-state index contributed by atoms with van der Waals surface area (Å²) in [5, 5.41) is 2.23. The lowest BCUT2D eigenvalue weighted by molar-refractivity contribution is -0.126. The SMILES string of the molecule is CCCCOc1ccc([C@@H]2[C@H]3C(=O)N(c4ccc(Cl)c(Cl)c4)C(=O)[C@@H]3ON2c2ccccc2)cc1OC. The number of hydrogen-bond donors (Lipinski definition) is 0. The molecule has 0 N–H and O–H groups in total. The molecule has 7 nitrogen and oxygen atoms in total. The van der Waals surface area contributed by atoms with Gasteiger partial charge < -0.3 is 9.47 Å². The number of anilines is 2. The lowest BCUT2D eigenvalue weighted by Crippen LogP contribution is -2.37. The number of unbranched alkanes of at least 4 members (excludes halogenated alkanes) is 1. The van der Waals surface area contributed by atoms with Crippen molar-refractivity contribution in [3.63, 3.8) is 0 Å². The van der Waals surface area contributed by atoms with E-state index in [4.69, 9.17) is 37.5 Å². The second kappa shape index (κ2) is 10.6. The summed E-state index contributed by atoms with van der Waals surface area (Å²) in [6, 6.07) is 19.0. The summed E-state index contributed by atoms with van der Waals surface area (Å²) in [6.45, 7) is 2.67. The van der Waals surface area contributed by atoms with Crippen LogP contribution < -0.4 is 19.4 Å². The summed E-state index contributed by atoms with van der Waals surface area (Å²) >= 11 is 12.2. The predicted octanol–water partition coefficient (Wildman–Crippen LogP) is 6.23. The van der Waals surface area contributed by atoms with Crippen molar-refractivity contribution >= 4 is 46.4 Å². The van der Waals surface area contributed by atoms with Crippen molar-refractivity contribution in [2.24, 2.45) is 5.92 Å². The Morgan fingerprint density at radius 3 is 2.38 bits per heavy atom. The van der Waals surface area contributed by atoms with Crippen LogP contribution in [-0.4, -0.2) is 31.6 Å². The Morgan fingerprint density at radius 1 is 0.892 bits per heavy atom.